The maximum absolute atomic E-state index is 13.4. The van der Waals surface area contributed by atoms with Gasteiger partial charge in [-0.1, -0.05) is 13.8 Å². The van der Waals surface area contributed by atoms with E-state index >= 15 is 0 Å². The van der Waals surface area contributed by atoms with Gasteiger partial charge in [0.1, 0.15) is 5.82 Å². The second-order valence-electron chi connectivity index (χ2n) is 4.14. The highest BCUT2D eigenvalue weighted by Gasteiger charge is 2.23. The smallest absolute Gasteiger partial charge is 0.243 e. The average molecular weight is 274 g/mol. The van der Waals surface area contributed by atoms with E-state index in [2.05, 4.69) is 0 Å². The number of aryl methyl sites for hydroxylation is 1. The standard InChI is InChI=1S/C12H19FN2O2S/c1-4-6-15(5-2)18(16,17)10-7-9(3)12(13)11(14)8-10/h7-8H,4-6,14H2,1-3H3. The van der Waals surface area contributed by atoms with Gasteiger partial charge >= 0.3 is 0 Å². The molecular weight excluding hydrogens is 255 g/mol. The predicted molar refractivity (Wildman–Crippen MR) is 70.3 cm³/mol. The number of sulfonamides is 1. The van der Waals surface area contributed by atoms with Gasteiger partial charge in [-0.05, 0) is 31.0 Å². The Morgan fingerprint density at radius 1 is 1.33 bits per heavy atom. The summed E-state index contributed by atoms with van der Waals surface area (Å²) >= 11 is 0. The Kier molecular flexibility index (Phi) is 4.70. The highest BCUT2D eigenvalue weighted by Crippen LogP contribution is 2.23. The molecule has 0 fully saturated rings. The summed E-state index contributed by atoms with van der Waals surface area (Å²) in [6, 6.07) is 2.50. The molecule has 18 heavy (non-hydrogen) atoms. The van der Waals surface area contributed by atoms with Crippen LogP contribution in [0.3, 0.4) is 0 Å². The number of nitrogens with two attached hydrogens (primary N) is 1. The van der Waals surface area contributed by atoms with Crippen LogP contribution in [0.1, 0.15) is 25.8 Å². The summed E-state index contributed by atoms with van der Waals surface area (Å²) in [4.78, 5) is 0.0502. The molecule has 0 aliphatic rings. The second-order valence-corrected chi connectivity index (χ2v) is 6.08. The minimum Gasteiger partial charge on any atom is -0.396 e. The topological polar surface area (TPSA) is 63.4 Å². The summed E-state index contributed by atoms with van der Waals surface area (Å²) in [7, 11) is -3.59. The van der Waals surface area contributed by atoms with Crippen LogP contribution in [0.15, 0.2) is 17.0 Å². The molecular formula is C12H19FN2O2S. The molecule has 0 unspecified atom stereocenters. The number of benzene rings is 1. The summed E-state index contributed by atoms with van der Waals surface area (Å²) in [6.45, 7) is 6.00. The Labute approximate surface area is 108 Å². The molecule has 0 aliphatic carbocycles. The molecule has 102 valence electrons. The van der Waals surface area contributed by atoms with Crippen molar-refractivity contribution in [2.75, 3.05) is 18.8 Å². The molecule has 6 heteroatoms. The van der Waals surface area contributed by atoms with Gasteiger partial charge in [-0.3, -0.25) is 0 Å². The fraction of sp³-hybridized carbons (Fsp3) is 0.500. The summed E-state index contributed by atoms with van der Waals surface area (Å²) < 4.78 is 39.4. The zero-order chi connectivity index (χ0) is 13.9. The lowest BCUT2D eigenvalue weighted by Crippen LogP contribution is -2.31. The minimum absolute atomic E-state index is 0.0502. The molecule has 0 bridgehead atoms. The van der Waals surface area contributed by atoms with Crippen molar-refractivity contribution in [1.82, 2.24) is 4.31 Å². The Morgan fingerprint density at radius 3 is 2.39 bits per heavy atom. The molecule has 0 radical (unpaired) electrons. The quantitative estimate of drug-likeness (QED) is 0.837. The first-order valence-electron chi connectivity index (χ1n) is 5.90. The largest absolute Gasteiger partial charge is 0.396 e. The predicted octanol–water partition coefficient (Wildman–Crippen LogP) is 2.14. The Morgan fingerprint density at radius 2 is 1.94 bits per heavy atom. The molecule has 1 rings (SSSR count). The Balaban J connectivity index is 3.28. The van der Waals surface area contributed by atoms with Crippen LogP contribution < -0.4 is 5.73 Å². The molecule has 1 aromatic rings. The first-order valence-corrected chi connectivity index (χ1v) is 7.34. The number of hydrogen-bond acceptors (Lipinski definition) is 3. The van der Waals surface area contributed by atoms with Crippen LogP contribution in [0.25, 0.3) is 0 Å². The highest BCUT2D eigenvalue weighted by molar-refractivity contribution is 7.89. The maximum Gasteiger partial charge on any atom is 0.243 e. The van der Waals surface area contributed by atoms with Crippen molar-refractivity contribution >= 4 is 15.7 Å². The van der Waals surface area contributed by atoms with E-state index in [9.17, 15) is 12.8 Å². The van der Waals surface area contributed by atoms with Crippen molar-refractivity contribution in [3.8, 4) is 0 Å². The zero-order valence-electron chi connectivity index (χ0n) is 10.9. The number of rotatable bonds is 5. The van der Waals surface area contributed by atoms with E-state index in [1.807, 2.05) is 6.92 Å². The highest BCUT2D eigenvalue weighted by atomic mass is 32.2. The molecule has 0 heterocycles. The van der Waals surface area contributed by atoms with Crippen LogP contribution in [0.5, 0.6) is 0 Å². The number of anilines is 1. The summed E-state index contributed by atoms with van der Waals surface area (Å²) in [5, 5.41) is 0. The minimum atomic E-state index is -3.59. The van der Waals surface area contributed by atoms with Crippen molar-refractivity contribution in [1.29, 1.82) is 0 Å². The van der Waals surface area contributed by atoms with Crippen LogP contribution in [0, 0.1) is 12.7 Å². The lowest BCUT2D eigenvalue weighted by atomic mass is 10.2. The van der Waals surface area contributed by atoms with Gasteiger partial charge in [-0.15, -0.1) is 0 Å². The number of nitrogens with zero attached hydrogens (tertiary/aromatic N) is 1. The monoisotopic (exact) mass is 274 g/mol. The molecule has 0 aliphatic heterocycles. The van der Waals surface area contributed by atoms with Gasteiger partial charge in [0.25, 0.3) is 0 Å². The Hall–Kier alpha value is -1.14. The first kappa shape index (κ1) is 14.9. The van der Waals surface area contributed by atoms with E-state index in [0.717, 1.165) is 6.42 Å². The van der Waals surface area contributed by atoms with Crippen molar-refractivity contribution in [3.05, 3.63) is 23.5 Å². The third-order valence-corrected chi connectivity index (χ3v) is 4.67. The third kappa shape index (κ3) is 2.81. The fourth-order valence-electron chi connectivity index (χ4n) is 1.76. The normalized spacial score (nSPS) is 12.1. The molecule has 4 nitrogen and oxygen atoms in total. The molecule has 0 aromatic heterocycles. The van der Waals surface area contributed by atoms with Crippen molar-refractivity contribution in [2.24, 2.45) is 0 Å². The van der Waals surface area contributed by atoms with Gasteiger partial charge in [0.05, 0.1) is 10.6 Å². The zero-order valence-corrected chi connectivity index (χ0v) is 11.7. The van der Waals surface area contributed by atoms with Gasteiger partial charge in [-0.25, -0.2) is 12.8 Å². The van der Waals surface area contributed by atoms with Crippen LogP contribution in [-0.4, -0.2) is 25.8 Å². The lowest BCUT2D eigenvalue weighted by Gasteiger charge is -2.20. The van der Waals surface area contributed by atoms with Gasteiger partial charge in [0, 0.05) is 13.1 Å². The number of halogens is 1. The van der Waals surface area contributed by atoms with Crippen LogP contribution >= 0.6 is 0 Å². The lowest BCUT2D eigenvalue weighted by molar-refractivity contribution is 0.427. The third-order valence-electron chi connectivity index (χ3n) is 2.72. The molecule has 0 spiro atoms. The van der Waals surface area contributed by atoms with E-state index in [4.69, 9.17) is 5.73 Å². The van der Waals surface area contributed by atoms with E-state index in [-0.39, 0.29) is 16.1 Å². The molecule has 2 N–H and O–H groups in total. The van der Waals surface area contributed by atoms with Gasteiger partial charge in [-0.2, -0.15) is 4.31 Å². The maximum atomic E-state index is 13.4. The SMILES string of the molecule is CCCN(CC)S(=O)(=O)c1cc(C)c(F)c(N)c1. The van der Waals surface area contributed by atoms with Gasteiger partial charge in [0.2, 0.25) is 10.0 Å². The first-order chi connectivity index (χ1) is 8.34. The van der Waals surface area contributed by atoms with E-state index in [0.29, 0.717) is 13.1 Å². The summed E-state index contributed by atoms with van der Waals surface area (Å²) in [5.41, 5.74) is 5.58. The molecule has 0 saturated heterocycles. The van der Waals surface area contributed by atoms with Crippen molar-refractivity contribution in [3.63, 3.8) is 0 Å². The average Bonchev–Trinajstić information content (AvgIpc) is 2.31. The van der Waals surface area contributed by atoms with E-state index in [1.54, 1.807) is 6.92 Å². The van der Waals surface area contributed by atoms with Crippen LogP contribution in [0.2, 0.25) is 0 Å². The van der Waals surface area contributed by atoms with E-state index < -0.39 is 15.8 Å². The number of hydrogen-bond donors (Lipinski definition) is 1. The number of nitrogen functional groups attached to an aromatic ring is 1. The molecule has 1 aromatic carbocycles. The fourth-order valence-corrected chi connectivity index (χ4v) is 3.42. The van der Waals surface area contributed by atoms with Crippen molar-refractivity contribution < 1.29 is 12.8 Å². The summed E-state index contributed by atoms with van der Waals surface area (Å²) in [5.74, 6) is -0.563. The van der Waals surface area contributed by atoms with Crippen LogP contribution in [-0.2, 0) is 10.0 Å². The van der Waals surface area contributed by atoms with Gasteiger partial charge in [0.15, 0.2) is 0 Å². The van der Waals surface area contributed by atoms with Crippen molar-refractivity contribution in [2.45, 2.75) is 32.1 Å². The second kappa shape index (κ2) is 5.67. The summed E-state index contributed by atoms with van der Waals surface area (Å²) in [6.07, 6.45) is 0.725. The molecule has 0 atom stereocenters. The Bertz CT molecular complexity index is 506. The molecule has 0 amide bonds. The van der Waals surface area contributed by atoms with E-state index in [1.165, 1.54) is 23.4 Å². The van der Waals surface area contributed by atoms with Crippen LogP contribution in [0.4, 0.5) is 10.1 Å². The van der Waals surface area contributed by atoms with Gasteiger partial charge < -0.3 is 5.73 Å². The molecule has 0 saturated carbocycles.